The van der Waals surface area contributed by atoms with Crippen LogP contribution in [0.2, 0.25) is 0 Å². The molecule has 0 bridgehead atoms. The van der Waals surface area contributed by atoms with E-state index in [1.165, 1.54) is 13.5 Å². The summed E-state index contributed by atoms with van der Waals surface area (Å²) in [4.78, 5) is -0.696. The van der Waals surface area contributed by atoms with Crippen molar-refractivity contribution < 1.29 is 17.2 Å². The first kappa shape index (κ1) is 16.2. The molecule has 1 aliphatic rings. The normalized spacial score (nSPS) is 17.3. The van der Waals surface area contributed by atoms with Crippen LogP contribution in [0.4, 0.5) is 14.5 Å². The van der Waals surface area contributed by atoms with Crippen LogP contribution in [0, 0.1) is 17.6 Å². The van der Waals surface area contributed by atoms with Crippen molar-refractivity contribution in [2.24, 2.45) is 5.92 Å². The summed E-state index contributed by atoms with van der Waals surface area (Å²) in [5.41, 5.74) is 5.31. The minimum atomic E-state index is -4.08. The number of halogens is 2. The molecule has 0 aliphatic heterocycles. The van der Waals surface area contributed by atoms with Crippen LogP contribution >= 0.6 is 0 Å². The molecule has 7 heteroatoms. The van der Waals surface area contributed by atoms with Gasteiger partial charge in [0.25, 0.3) is 0 Å². The molecular weight excluding hydrogens is 298 g/mol. The van der Waals surface area contributed by atoms with Crippen LogP contribution in [-0.4, -0.2) is 26.3 Å². The predicted octanol–water partition coefficient (Wildman–Crippen LogP) is 2.75. The quantitative estimate of drug-likeness (QED) is 0.868. The lowest BCUT2D eigenvalue weighted by Gasteiger charge is -2.26. The van der Waals surface area contributed by atoms with Crippen molar-refractivity contribution in [1.82, 2.24) is 4.31 Å². The summed E-state index contributed by atoms with van der Waals surface area (Å²) in [6.07, 6.45) is 5.27. The highest BCUT2D eigenvalue weighted by Crippen LogP contribution is 2.28. The number of nitrogen functional groups attached to an aromatic ring is 1. The number of nitrogens with two attached hydrogens (primary N) is 1. The molecule has 1 aliphatic carbocycles. The first-order chi connectivity index (χ1) is 9.82. The lowest BCUT2D eigenvalue weighted by atomic mass is 9.89. The Morgan fingerprint density at radius 2 is 1.86 bits per heavy atom. The third-order valence-electron chi connectivity index (χ3n) is 3.95. The Labute approximate surface area is 124 Å². The minimum absolute atomic E-state index is 0.112. The average molecular weight is 318 g/mol. The zero-order chi connectivity index (χ0) is 15.6. The molecule has 2 rings (SSSR count). The number of anilines is 1. The predicted molar refractivity (Wildman–Crippen MR) is 77.2 cm³/mol. The summed E-state index contributed by atoms with van der Waals surface area (Å²) in [7, 11) is -2.68. The van der Waals surface area contributed by atoms with Crippen molar-refractivity contribution in [3.05, 3.63) is 23.8 Å². The number of sulfonamides is 1. The molecular formula is C14H20F2N2O2S. The molecule has 2 N–H and O–H groups in total. The highest BCUT2D eigenvalue weighted by atomic mass is 32.2. The second-order valence-corrected chi connectivity index (χ2v) is 7.62. The SMILES string of the molecule is CN(CC1CCCCC1)S(=O)(=O)c1cc(N)cc(F)c1F. The number of hydrogen-bond acceptors (Lipinski definition) is 3. The van der Waals surface area contributed by atoms with Gasteiger partial charge in [-0.15, -0.1) is 0 Å². The lowest BCUT2D eigenvalue weighted by molar-refractivity contribution is 0.299. The van der Waals surface area contributed by atoms with Crippen molar-refractivity contribution in [3.63, 3.8) is 0 Å². The molecule has 1 fully saturated rings. The molecule has 1 aromatic carbocycles. The molecule has 0 saturated heterocycles. The molecule has 0 heterocycles. The van der Waals surface area contributed by atoms with E-state index in [1.807, 2.05) is 0 Å². The first-order valence-corrected chi connectivity index (χ1v) is 8.47. The topological polar surface area (TPSA) is 63.4 Å². The second kappa shape index (κ2) is 6.27. The zero-order valence-corrected chi connectivity index (χ0v) is 12.8. The number of rotatable bonds is 4. The maximum Gasteiger partial charge on any atom is 0.245 e. The molecule has 0 amide bonds. The van der Waals surface area contributed by atoms with Crippen LogP contribution in [0.15, 0.2) is 17.0 Å². The van der Waals surface area contributed by atoms with Crippen LogP contribution in [0.1, 0.15) is 32.1 Å². The summed E-state index contributed by atoms with van der Waals surface area (Å²) >= 11 is 0. The molecule has 1 saturated carbocycles. The van der Waals surface area contributed by atoms with Crippen LogP contribution in [0.3, 0.4) is 0 Å². The molecule has 0 unspecified atom stereocenters. The summed E-state index contributed by atoms with van der Waals surface area (Å²) in [5, 5.41) is 0. The van der Waals surface area contributed by atoms with Crippen molar-refractivity contribution in [2.75, 3.05) is 19.3 Å². The van der Waals surface area contributed by atoms with Gasteiger partial charge in [-0.05, 0) is 30.9 Å². The van der Waals surface area contributed by atoms with Gasteiger partial charge in [0.2, 0.25) is 10.0 Å². The highest BCUT2D eigenvalue weighted by molar-refractivity contribution is 7.89. The smallest absolute Gasteiger partial charge is 0.245 e. The summed E-state index contributed by atoms with van der Waals surface area (Å²) in [6, 6.07) is 1.74. The number of nitrogens with zero attached hydrogens (tertiary/aromatic N) is 1. The van der Waals surface area contributed by atoms with Crippen molar-refractivity contribution in [2.45, 2.75) is 37.0 Å². The van der Waals surface area contributed by atoms with E-state index in [-0.39, 0.29) is 11.6 Å². The Morgan fingerprint density at radius 1 is 1.24 bits per heavy atom. The van der Waals surface area contributed by atoms with Crippen molar-refractivity contribution in [1.29, 1.82) is 0 Å². The molecule has 4 nitrogen and oxygen atoms in total. The highest BCUT2D eigenvalue weighted by Gasteiger charge is 2.29. The monoisotopic (exact) mass is 318 g/mol. The van der Waals surface area contributed by atoms with Gasteiger partial charge in [0, 0.05) is 19.3 Å². The molecule has 118 valence electrons. The van der Waals surface area contributed by atoms with Crippen LogP contribution < -0.4 is 5.73 Å². The van der Waals surface area contributed by atoms with Gasteiger partial charge in [-0.1, -0.05) is 19.3 Å². The molecule has 0 atom stereocenters. The fourth-order valence-electron chi connectivity index (χ4n) is 2.77. The van der Waals surface area contributed by atoms with E-state index >= 15 is 0 Å². The van der Waals surface area contributed by atoms with Crippen LogP contribution in [0.5, 0.6) is 0 Å². The Kier molecular flexibility index (Phi) is 4.83. The van der Waals surface area contributed by atoms with E-state index in [9.17, 15) is 17.2 Å². The van der Waals surface area contributed by atoms with Gasteiger partial charge in [0.1, 0.15) is 4.90 Å². The van der Waals surface area contributed by atoms with E-state index in [0.29, 0.717) is 6.54 Å². The second-order valence-electron chi connectivity index (χ2n) is 5.60. The summed E-state index contributed by atoms with van der Waals surface area (Å²) in [6.45, 7) is 0.318. The van der Waals surface area contributed by atoms with E-state index in [2.05, 4.69) is 0 Å². The number of benzene rings is 1. The van der Waals surface area contributed by atoms with Gasteiger partial charge >= 0.3 is 0 Å². The van der Waals surface area contributed by atoms with Gasteiger partial charge in [0.15, 0.2) is 11.6 Å². The maximum absolute atomic E-state index is 13.8. The van der Waals surface area contributed by atoms with E-state index in [0.717, 1.165) is 42.1 Å². The van der Waals surface area contributed by atoms with E-state index < -0.39 is 26.6 Å². The maximum atomic E-state index is 13.8. The van der Waals surface area contributed by atoms with Crippen molar-refractivity contribution in [3.8, 4) is 0 Å². The van der Waals surface area contributed by atoms with Gasteiger partial charge in [-0.2, -0.15) is 0 Å². The average Bonchev–Trinajstić information content (AvgIpc) is 2.43. The molecule has 1 aromatic rings. The molecule has 21 heavy (non-hydrogen) atoms. The van der Waals surface area contributed by atoms with Gasteiger partial charge in [-0.3, -0.25) is 0 Å². The Hall–Kier alpha value is -1.21. The van der Waals surface area contributed by atoms with Gasteiger partial charge in [0.05, 0.1) is 0 Å². The van der Waals surface area contributed by atoms with Gasteiger partial charge in [-0.25, -0.2) is 21.5 Å². The molecule has 0 spiro atoms. The third-order valence-corrected chi connectivity index (χ3v) is 5.77. The van der Waals surface area contributed by atoms with E-state index in [4.69, 9.17) is 5.73 Å². The van der Waals surface area contributed by atoms with Crippen LogP contribution in [0.25, 0.3) is 0 Å². The largest absolute Gasteiger partial charge is 0.399 e. The molecule has 0 radical (unpaired) electrons. The minimum Gasteiger partial charge on any atom is -0.399 e. The van der Waals surface area contributed by atoms with E-state index in [1.54, 1.807) is 0 Å². The Balaban J connectivity index is 2.24. The first-order valence-electron chi connectivity index (χ1n) is 7.03. The van der Waals surface area contributed by atoms with Crippen molar-refractivity contribution >= 4 is 15.7 Å². The third kappa shape index (κ3) is 3.52. The fourth-order valence-corrected chi connectivity index (χ4v) is 4.12. The number of hydrogen-bond donors (Lipinski definition) is 1. The fraction of sp³-hybridized carbons (Fsp3) is 0.571. The van der Waals surface area contributed by atoms with Gasteiger partial charge < -0.3 is 5.73 Å². The summed E-state index contributed by atoms with van der Waals surface area (Å²) < 4.78 is 53.0. The lowest BCUT2D eigenvalue weighted by Crippen LogP contribution is -2.33. The Morgan fingerprint density at radius 3 is 2.48 bits per heavy atom. The van der Waals surface area contributed by atoms with Crippen LogP contribution in [-0.2, 0) is 10.0 Å². The standard InChI is InChI=1S/C14H20F2N2O2S/c1-18(9-10-5-3-2-4-6-10)21(19,20)13-8-11(17)7-12(15)14(13)16/h7-8,10H,2-6,9,17H2,1H3. The summed E-state index contributed by atoms with van der Waals surface area (Å²) in [5.74, 6) is -2.35. The zero-order valence-electron chi connectivity index (χ0n) is 12.0. The molecule has 0 aromatic heterocycles. The Bertz CT molecular complexity index is 614.